The first-order valence-corrected chi connectivity index (χ1v) is 9.94. The molecular formula is C25H20N4O. The Morgan fingerprint density at radius 2 is 1.70 bits per heavy atom. The van der Waals surface area contributed by atoms with E-state index in [1.165, 1.54) is 10.9 Å². The number of pyridine rings is 2. The highest BCUT2D eigenvalue weighted by Crippen LogP contribution is 2.24. The van der Waals surface area contributed by atoms with Crippen molar-refractivity contribution in [1.29, 1.82) is 0 Å². The van der Waals surface area contributed by atoms with E-state index in [1.807, 2.05) is 66.9 Å². The van der Waals surface area contributed by atoms with E-state index in [0.29, 0.717) is 17.8 Å². The molecule has 0 aliphatic carbocycles. The average Bonchev–Trinajstić information content (AvgIpc) is 3.22. The third-order valence-corrected chi connectivity index (χ3v) is 5.24. The summed E-state index contributed by atoms with van der Waals surface area (Å²) < 4.78 is 0. The highest BCUT2D eigenvalue weighted by atomic mass is 16.1. The number of amides is 1. The number of carbonyl (C=O) groups excluding carboxylic acids is 1. The fourth-order valence-electron chi connectivity index (χ4n) is 3.75. The Bertz CT molecular complexity index is 1340. The Balaban J connectivity index is 1.41. The van der Waals surface area contributed by atoms with Crippen LogP contribution in [0.15, 0.2) is 85.2 Å². The molecule has 3 heterocycles. The van der Waals surface area contributed by atoms with Gasteiger partial charge >= 0.3 is 0 Å². The van der Waals surface area contributed by atoms with E-state index in [-0.39, 0.29) is 5.91 Å². The van der Waals surface area contributed by atoms with Crippen LogP contribution in [0.4, 0.5) is 0 Å². The van der Waals surface area contributed by atoms with Gasteiger partial charge in [-0.1, -0.05) is 42.5 Å². The molecule has 0 aliphatic rings. The molecule has 3 aromatic heterocycles. The number of nitrogens with one attached hydrogen (secondary N) is 2. The van der Waals surface area contributed by atoms with Crippen LogP contribution in [0.2, 0.25) is 0 Å². The molecule has 0 spiro atoms. The van der Waals surface area contributed by atoms with Crippen LogP contribution in [0, 0.1) is 0 Å². The van der Waals surface area contributed by atoms with Gasteiger partial charge in [0.05, 0.1) is 22.5 Å². The second kappa shape index (κ2) is 7.79. The van der Waals surface area contributed by atoms with Crippen molar-refractivity contribution in [1.82, 2.24) is 20.3 Å². The number of benzene rings is 2. The lowest BCUT2D eigenvalue weighted by atomic mass is 10.1. The maximum Gasteiger partial charge on any atom is 0.252 e. The smallest absolute Gasteiger partial charge is 0.252 e. The van der Waals surface area contributed by atoms with E-state index >= 15 is 0 Å². The molecule has 5 heteroatoms. The fourth-order valence-corrected chi connectivity index (χ4v) is 3.75. The molecule has 5 rings (SSSR count). The third kappa shape index (κ3) is 3.42. The zero-order chi connectivity index (χ0) is 20.3. The van der Waals surface area contributed by atoms with Crippen molar-refractivity contribution < 1.29 is 4.79 Å². The minimum absolute atomic E-state index is 0.106. The summed E-state index contributed by atoms with van der Waals surface area (Å²) in [6, 6.07) is 23.4. The van der Waals surface area contributed by atoms with Crippen LogP contribution >= 0.6 is 0 Å². The molecule has 0 fully saturated rings. The summed E-state index contributed by atoms with van der Waals surface area (Å²) >= 11 is 0. The van der Waals surface area contributed by atoms with Crippen molar-refractivity contribution in [2.75, 3.05) is 6.54 Å². The topological polar surface area (TPSA) is 70.7 Å². The second-order valence-corrected chi connectivity index (χ2v) is 7.15. The molecule has 2 N–H and O–H groups in total. The number of carbonyl (C=O) groups is 1. The summed E-state index contributed by atoms with van der Waals surface area (Å²) in [5.41, 5.74) is 5.13. The monoisotopic (exact) mass is 392 g/mol. The fraction of sp³-hybridized carbons (Fsp3) is 0.0800. The van der Waals surface area contributed by atoms with Crippen LogP contribution < -0.4 is 5.32 Å². The molecule has 0 aliphatic heterocycles. The van der Waals surface area contributed by atoms with Crippen LogP contribution in [0.1, 0.15) is 15.9 Å². The molecule has 0 saturated carbocycles. The number of rotatable bonds is 5. The molecule has 1 amide bonds. The van der Waals surface area contributed by atoms with Gasteiger partial charge in [0.2, 0.25) is 0 Å². The summed E-state index contributed by atoms with van der Waals surface area (Å²) in [4.78, 5) is 25.4. The number of H-pyrrole nitrogens is 1. The van der Waals surface area contributed by atoms with Crippen molar-refractivity contribution in [2.24, 2.45) is 0 Å². The van der Waals surface area contributed by atoms with Crippen molar-refractivity contribution in [3.63, 3.8) is 0 Å². The van der Waals surface area contributed by atoms with E-state index in [2.05, 4.69) is 27.4 Å². The molecule has 30 heavy (non-hydrogen) atoms. The summed E-state index contributed by atoms with van der Waals surface area (Å²) in [6.07, 6.45) is 4.50. The summed E-state index contributed by atoms with van der Waals surface area (Å²) in [5, 5.41) is 5.10. The quantitative estimate of drug-likeness (QED) is 0.453. The second-order valence-electron chi connectivity index (χ2n) is 7.15. The van der Waals surface area contributed by atoms with Crippen LogP contribution in [0.25, 0.3) is 33.2 Å². The molecule has 5 nitrogen and oxygen atoms in total. The van der Waals surface area contributed by atoms with Gasteiger partial charge in [-0.2, -0.15) is 0 Å². The molecule has 0 atom stereocenters. The lowest BCUT2D eigenvalue weighted by molar-refractivity contribution is 0.0956. The van der Waals surface area contributed by atoms with Crippen molar-refractivity contribution in [3.05, 3.63) is 96.3 Å². The van der Waals surface area contributed by atoms with Gasteiger partial charge in [0, 0.05) is 35.2 Å². The molecule has 146 valence electrons. The average molecular weight is 392 g/mol. The number of aromatic nitrogens is 3. The van der Waals surface area contributed by atoms with Gasteiger partial charge in [-0.3, -0.25) is 9.78 Å². The zero-order valence-electron chi connectivity index (χ0n) is 16.3. The van der Waals surface area contributed by atoms with Crippen LogP contribution in [0.3, 0.4) is 0 Å². The summed E-state index contributed by atoms with van der Waals surface area (Å²) in [5.74, 6) is -0.106. The predicted octanol–water partition coefficient (Wildman–Crippen LogP) is 4.75. The molecule has 2 aromatic carbocycles. The van der Waals surface area contributed by atoms with Gasteiger partial charge in [-0.15, -0.1) is 0 Å². The van der Waals surface area contributed by atoms with Crippen LogP contribution in [-0.4, -0.2) is 27.4 Å². The Hall–Kier alpha value is -3.99. The van der Waals surface area contributed by atoms with Gasteiger partial charge in [0.25, 0.3) is 5.91 Å². The minimum atomic E-state index is -0.106. The molecular weight excluding hydrogens is 372 g/mol. The van der Waals surface area contributed by atoms with Crippen LogP contribution in [0.5, 0.6) is 0 Å². The zero-order valence-corrected chi connectivity index (χ0v) is 16.3. The summed E-state index contributed by atoms with van der Waals surface area (Å²) in [6.45, 7) is 0.552. The number of hydrogen-bond acceptors (Lipinski definition) is 3. The van der Waals surface area contributed by atoms with Gasteiger partial charge < -0.3 is 10.3 Å². The maximum atomic E-state index is 13.1. The third-order valence-electron chi connectivity index (χ3n) is 5.24. The maximum absolute atomic E-state index is 13.1. The van der Waals surface area contributed by atoms with E-state index in [0.717, 1.165) is 28.5 Å². The van der Waals surface area contributed by atoms with Gasteiger partial charge in [0.1, 0.15) is 0 Å². The normalized spacial score (nSPS) is 11.1. The van der Waals surface area contributed by atoms with Crippen molar-refractivity contribution in [3.8, 4) is 11.4 Å². The first-order valence-electron chi connectivity index (χ1n) is 9.94. The standard InChI is InChI=1S/C25H20N4O/c30-25(27-14-12-17-16-28-21-9-3-1-7-18(17)21)20-15-24(23-11-5-6-13-26-23)29-22-10-4-2-8-19(20)22/h1-11,13,15-16,28H,12,14H2,(H,27,30). The van der Waals surface area contributed by atoms with E-state index in [4.69, 9.17) is 4.98 Å². The predicted molar refractivity (Wildman–Crippen MR) is 119 cm³/mol. The highest BCUT2D eigenvalue weighted by Gasteiger charge is 2.14. The Labute approximate surface area is 173 Å². The van der Waals surface area contributed by atoms with Gasteiger partial charge in [-0.25, -0.2) is 4.98 Å². The Morgan fingerprint density at radius 1 is 0.900 bits per heavy atom. The van der Waals surface area contributed by atoms with Gasteiger partial charge in [-0.05, 0) is 42.3 Å². The lowest BCUT2D eigenvalue weighted by Crippen LogP contribution is -2.26. The number of hydrogen-bond donors (Lipinski definition) is 2. The molecule has 5 aromatic rings. The Kier molecular flexibility index (Phi) is 4.69. The largest absolute Gasteiger partial charge is 0.361 e. The minimum Gasteiger partial charge on any atom is -0.361 e. The number of para-hydroxylation sites is 2. The lowest BCUT2D eigenvalue weighted by Gasteiger charge is -2.10. The van der Waals surface area contributed by atoms with E-state index < -0.39 is 0 Å². The summed E-state index contributed by atoms with van der Waals surface area (Å²) in [7, 11) is 0. The SMILES string of the molecule is O=C(NCCc1c[nH]c2ccccc12)c1cc(-c2ccccn2)nc2ccccc12. The first-order chi connectivity index (χ1) is 14.8. The highest BCUT2D eigenvalue weighted by molar-refractivity contribution is 6.07. The van der Waals surface area contributed by atoms with Crippen molar-refractivity contribution in [2.45, 2.75) is 6.42 Å². The Morgan fingerprint density at radius 3 is 2.57 bits per heavy atom. The van der Waals surface area contributed by atoms with E-state index in [9.17, 15) is 4.79 Å². The first kappa shape index (κ1) is 18.1. The van der Waals surface area contributed by atoms with Gasteiger partial charge in [0.15, 0.2) is 0 Å². The number of nitrogens with zero attached hydrogens (tertiary/aromatic N) is 2. The van der Waals surface area contributed by atoms with Crippen LogP contribution in [-0.2, 0) is 6.42 Å². The molecule has 0 bridgehead atoms. The van der Waals surface area contributed by atoms with E-state index in [1.54, 1.807) is 6.20 Å². The number of fused-ring (bicyclic) bond motifs is 2. The molecule has 0 saturated heterocycles. The number of aromatic amines is 1. The molecule has 0 radical (unpaired) electrons. The molecule has 0 unspecified atom stereocenters. The van der Waals surface area contributed by atoms with Crippen molar-refractivity contribution >= 4 is 27.7 Å².